The van der Waals surface area contributed by atoms with Gasteiger partial charge in [0.25, 0.3) is 5.91 Å². The van der Waals surface area contributed by atoms with E-state index >= 15 is 0 Å². The predicted molar refractivity (Wildman–Crippen MR) is 79.6 cm³/mol. The summed E-state index contributed by atoms with van der Waals surface area (Å²) in [5, 5.41) is 12.6. The summed E-state index contributed by atoms with van der Waals surface area (Å²) < 4.78 is 0.689. The molecule has 0 unspecified atom stereocenters. The Hall–Kier alpha value is -1.72. The number of phenols is 1. The Morgan fingerprint density at radius 3 is 2.74 bits per heavy atom. The highest BCUT2D eigenvalue weighted by Gasteiger charge is 2.13. The van der Waals surface area contributed by atoms with Crippen molar-refractivity contribution in [3.05, 3.63) is 51.5 Å². The molecule has 0 saturated heterocycles. The van der Waals surface area contributed by atoms with Crippen LogP contribution in [0.3, 0.4) is 0 Å². The second kappa shape index (κ2) is 5.50. The third-order valence-electron chi connectivity index (χ3n) is 2.44. The third kappa shape index (κ3) is 3.19. The molecule has 0 saturated carbocycles. The lowest BCUT2D eigenvalue weighted by Crippen LogP contribution is -2.12. The van der Waals surface area contributed by atoms with E-state index < -0.39 is 5.91 Å². The highest BCUT2D eigenvalue weighted by atomic mass is 79.9. The predicted octanol–water partition coefficient (Wildman–Crippen LogP) is 3.64. The Labute approximate surface area is 123 Å². The van der Waals surface area contributed by atoms with E-state index in [0.29, 0.717) is 20.9 Å². The maximum Gasteiger partial charge on any atom is 0.259 e. The summed E-state index contributed by atoms with van der Waals surface area (Å²) in [6.45, 7) is 0. The van der Waals surface area contributed by atoms with E-state index in [1.165, 1.54) is 12.1 Å². The van der Waals surface area contributed by atoms with Crippen LogP contribution >= 0.6 is 27.5 Å². The quantitative estimate of drug-likeness (QED) is 0.730. The van der Waals surface area contributed by atoms with Crippen LogP contribution in [0.2, 0.25) is 5.02 Å². The van der Waals surface area contributed by atoms with E-state index in [4.69, 9.17) is 17.3 Å². The maximum atomic E-state index is 12.1. The fraction of sp³-hybridized carbons (Fsp3) is 0. The van der Waals surface area contributed by atoms with Gasteiger partial charge in [0.2, 0.25) is 0 Å². The Kier molecular flexibility index (Phi) is 3.97. The molecule has 0 radical (unpaired) electrons. The van der Waals surface area contributed by atoms with Crippen molar-refractivity contribution in [1.29, 1.82) is 0 Å². The lowest BCUT2D eigenvalue weighted by atomic mass is 10.2. The van der Waals surface area contributed by atoms with Gasteiger partial charge in [-0.1, -0.05) is 27.5 Å². The first kappa shape index (κ1) is 13.7. The second-order valence-corrected chi connectivity index (χ2v) is 5.18. The lowest BCUT2D eigenvalue weighted by Gasteiger charge is -2.09. The van der Waals surface area contributed by atoms with Gasteiger partial charge in [-0.15, -0.1) is 0 Å². The minimum atomic E-state index is -0.466. The molecule has 98 valence electrons. The smallest absolute Gasteiger partial charge is 0.259 e. The fourth-order valence-corrected chi connectivity index (χ4v) is 2.04. The van der Waals surface area contributed by atoms with Crippen LogP contribution in [-0.4, -0.2) is 11.0 Å². The summed E-state index contributed by atoms with van der Waals surface area (Å²) in [5.74, 6) is -0.577. The molecule has 0 fully saturated rings. The molecule has 0 aromatic heterocycles. The van der Waals surface area contributed by atoms with E-state index in [1.54, 1.807) is 24.3 Å². The van der Waals surface area contributed by atoms with Gasteiger partial charge in [0.1, 0.15) is 5.75 Å². The summed E-state index contributed by atoms with van der Waals surface area (Å²) in [4.78, 5) is 12.1. The number of rotatable bonds is 2. The van der Waals surface area contributed by atoms with E-state index in [1.807, 2.05) is 0 Å². The molecule has 0 spiro atoms. The molecule has 0 atom stereocenters. The minimum absolute atomic E-state index is 0.110. The Bertz CT molecular complexity index is 647. The molecule has 19 heavy (non-hydrogen) atoms. The molecule has 4 nitrogen and oxygen atoms in total. The third-order valence-corrected chi connectivity index (χ3v) is 3.26. The number of phenolic OH excluding ortho intramolecular Hbond substituents is 1. The largest absolute Gasteiger partial charge is 0.507 e. The maximum absolute atomic E-state index is 12.1. The molecular formula is C13H10BrClN2O2. The van der Waals surface area contributed by atoms with E-state index in [-0.39, 0.29) is 11.3 Å². The van der Waals surface area contributed by atoms with Crippen LogP contribution in [-0.2, 0) is 0 Å². The summed E-state index contributed by atoms with van der Waals surface area (Å²) in [7, 11) is 0. The van der Waals surface area contributed by atoms with Crippen LogP contribution < -0.4 is 11.1 Å². The average Bonchev–Trinajstić information content (AvgIpc) is 2.36. The minimum Gasteiger partial charge on any atom is -0.507 e. The van der Waals surface area contributed by atoms with Gasteiger partial charge in [0.05, 0.1) is 16.3 Å². The van der Waals surface area contributed by atoms with Crippen molar-refractivity contribution in [3.63, 3.8) is 0 Å². The molecule has 0 aliphatic heterocycles. The van der Waals surface area contributed by atoms with Crippen molar-refractivity contribution in [2.75, 3.05) is 11.1 Å². The number of anilines is 2. The van der Waals surface area contributed by atoms with Gasteiger partial charge in [0.15, 0.2) is 0 Å². The number of amides is 1. The lowest BCUT2D eigenvalue weighted by molar-refractivity contribution is 0.102. The highest BCUT2D eigenvalue weighted by Crippen LogP contribution is 2.27. The van der Waals surface area contributed by atoms with Crippen molar-refractivity contribution in [3.8, 4) is 5.75 Å². The Morgan fingerprint density at radius 2 is 2.00 bits per heavy atom. The van der Waals surface area contributed by atoms with E-state index in [9.17, 15) is 9.90 Å². The van der Waals surface area contributed by atoms with Gasteiger partial charge in [-0.3, -0.25) is 4.79 Å². The number of aromatic hydroxyl groups is 1. The molecule has 4 N–H and O–H groups in total. The number of hydrogen-bond donors (Lipinski definition) is 3. The van der Waals surface area contributed by atoms with E-state index in [2.05, 4.69) is 21.2 Å². The van der Waals surface area contributed by atoms with Crippen LogP contribution in [0.25, 0.3) is 0 Å². The van der Waals surface area contributed by atoms with Gasteiger partial charge in [0, 0.05) is 10.2 Å². The summed E-state index contributed by atoms with van der Waals surface area (Å²) in [6, 6.07) is 9.36. The van der Waals surface area contributed by atoms with Gasteiger partial charge in [-0.25, -0.2) is 0 Å². The average molecular weight is 342 g/mol. The molecule has 2 aromatic rings. The Morgan fingerprint density at radius 1 is 1.26 bits per heavy atom. The molecule has 1 amide bonds. The van der Waals surface area contributed by atoms with Gasteiger partial charge in [-0.2, -0.15) is 0 Å². The van der Waals surface area contributed by atoms with Crippen LogP contribution in [0.15, 0.2) is 40.9 Å². The monoisotopic (exact) mass is 340 g/mol. The topological polar surface area (TPSA) is 75.3 Å². The molecule has 6 heteroatoms. The van der Waals surface area contributed by atoms with Crippen LogP contribution in [0, 0.1) is 0 Å². The van der Waals surface area contributed by atoms with Crippen molar-refractivity contribution in [1.82, 2.24) is 0 Å². The van der Waals surface area contributed by atoms with Gasteiger partial charge < -0.3 is 16.2 Å². The van der Waals surface area contributed by atoms with Crippen molar-refractivity contribution in [2.24, 2.45) is 0 Å². The highest BCUT2D eigenvalue weighted by molar-refractivity contribution is 9.10. The summed E-state index contributed by atoms with van der Waals surface area (Å²) >= 11 is 9.20. The Balaban J connectivity index is 2.30. The SMILES string of the molecule is Nc1ccc(Cl)c(NC(=O)c2cc(Br)ccc2O)c1. The first-order valence-corrected chi connectivity index (χ1v) is 6.49. The van der Waals surface area contributed by atoms with Crippen LogP contribution in [0.5, 0.6) is 5.75 Å². The number of nitrogen functional groups attached to an aromatic ring is 1. The van der Waals surface area contributed by atoms with E-state index in [0.717, 1.165) is 0 Å². The second-order valence-electron chi connectivity index (χ2n) is 3.85. The summed E-state index contributed by atoms with van der Waals surface area (Å²) in [6.07, 6.45) is 0. The number of nitrogens with two attached hydrogens (primary N) is 1. The number of nitrogens with one attached hydrogen (secondary N) is 1. The molecule has 2 aromatic carbocycles. The molecule has 0 aliphatic carbocycles. The summed E-state index contributed by atoms with van der Waals surface area (Å²) in [5.41, 5.74) is 6.65. The first-order valence-electron chi connectivity index (χ1n) is 5.32. The molecular weight excluding hydrogens is 332 g/mol. The number of hydrogen-bond acceptors (Lipinski definition) is 3. The molecule has 0 heterocycles. The molecule has 0 aliphatic rings. The van der Waals surface area contributed by atoms with Gasteiger partial charge in [-0.05, 0) is 36.4 Å². The zero-order valence-electron chi connectivity index (χ0n) is 9.65. The number of benzene rings is 2. The van der Waals surface area contributed by atoms with Gasteiger partial charge >= 0.3 is 0 Å². The van der Waals surface area contributed by atoms with Crippen molar-refractivity contribution < 1.29 is 9.90 Å². The molecule has 2 rings (SSSR count). The molecule has 0 bridgehead atoms. The number of carbonyl (C=O) groups excluding carboxylic acids is 1. The first-order chi connectivity index (χ1) is 8.97. The zero-order valence-corrected chi connectivity index (χ0v) is 12.0. The van der Waals surface area contributed by atoms with Crippen molar-refractivity contribution in [2.45, 2.75) is 0 Å². The zero-order chi connectivity index (χ0) is 14.0. The number of carbonyl (C=O) groups is 1. The van der Waals surface area contributed by atoms with Crippen molar-refractivity contribution >= 4 is 44.8 Å². The fourth-order valence-electron chi connectivity index (χ4n) is 1.52. The standard InChI is InChI=1S/C13H10BrClN2O2/c14-7-1-4-12(18)9(5-7)13(19)17-11-6-8(16)2-3-10(11)15/h1-6,18H,16H2,(H,17,19). The normalized spacial score (nSPS) is 10.2. The number of halogens is 2. The van der Waals surface area contributed by atoms with Crippen LogP contribution in [0.1, 0.15) is 10.4 Å². The van der Waals surface area contributed by atoms with Crippen LogP contribution in [0.4, 0.5) is 11.4 Å².